The number of amides is 1. The summed E-state index contributed by atoms with van der Waals surface area (Å²) in [6.07, 6.45) is 0.397. The van der Waals surface area contributed by atoms with E-state index in [9.17, 15) is 9.59 Å². The molecule has 0 saturated carbocycles. The van der Waals surface area contributed by atoms with Gasteiger partial charge in [0.25, 0.3) is 5.91 Å². The minimum absolute atomic E-state index is 0.0273. The molecule has 1 aromatic rings. The molecular weight excluding hydrogens is 274 g/mol. The molecule has 0 aromatic carbocycles. The van der Waals surface area contributed by atoms with E-state index in [-0.39, 0.29) is 18.4 Å². The van der Waals surface area contributed by atoms with Crippen LogP contribution in [-0.2, 0) is 14.3 Å². The van der Waals surface area contributed by atoms with Gasteiger partial charge in [-0.05, 0) is 32.2 Å². The largest absolute Gasteiger partial charge is 0.477 e. The molecule has 0 fully saturated rings. The summed E-state index contributed by atoms with van der Waals surface area (Å²) < 4.78 is 5.62. The van der Waals surface area contributed by atoms with Crippen LogP contribution >= 0.6 is 11.3 Å². The lowest BCUT2D eigenvalue weighted by Crippen LogP contribution is -2.55. The van der Waals surface area contributed by atoms with Crippen LogP contribution in [0.1, 0.15) is 39.0 Å². The van der Waals surface area contributed by atoms with Crippen LogP contribution < -0.4 is 0 Å². The normalized spacial score (nSPS) is 16.4. The van der Waals surface area contributed by atoms with E-state index in [1.165, 1.54) is 16.2 Å². The zero-order chi connectivity index (χ0) is 14.9. The van der Waals surface area contributed by atoms with Crippen molar-refractivity contribution in [3.05, 3.63) is 28.1 Å². The highest BCUT2D eigenvalue weighted by Crippen LogP contribution is 2.32. The summed E-state index contributed by atoms with van der Waals surface area (Å²) in [5, 5.41) is 1.92. The third-order valence-corrected chi connectivity index (χ3v) is 4.55. The number of hydrogen-bond donors (Lipinski definition) is 0. The topological polar surface area (TPSA) is 46.6 Å². The highest BCUT2D eigenvalue weighted by atomic mass is 32.1. The molecule has 0 N–H and O–H groups in total. The Bertz CT molecular complexity index is 558. The zero-order valence-corrected chi connectivity index (χ0v) is 13.0. The molecule has 0 spiro atoms. The average molecular weight is 293 g/mol. The predicted octanol–water partition coefficient (Wildman–Crippen LogP) is 3.05. The highest BCUT2D eigenvalue weighted by molar-refractivity contribution is 7.11. The summed E-state index contributed by atoms with van der Waals surface area (Å²) in [6, 6.07) is 3.79. The number of nitrogens with zero attached hydrogens (tertiary/aromatic N) is 1. The van der Waals surface area contributed by atoms with Crippen molar-refractivity contribution in [2.75, 3.05) is 6.73 Å². The fourth-order valence-corrected chi connectivity index (χ4v) is 3.09. The van der Waals surface area contributed by atoms with Crippen LogP contribution in [0.3, 0.4) is 0 Å². The van der Waals surface area contributed by atoms with Gasteiger partial charge in [-0.15, -0.1) is 11.3 Å². The van der Waals surface area contributed by atoms with Crippen molar-refractivity contribution in [2.24, 2.45) is 0 Å². The SMILES string of the molecule is CCC(=O)C(C)(C)N1COC(C)=C(c2cccs2)C1=O. The Morgan fingerprint density at radius 1 is 1.50 bits per heavy atom. The lowest BCUT2D eigenvalue weighted by Gasteiger charge is -2.40. The van der Waals surface area contributed by atoms with Gasteiger partial charge in [-0.3, -0.25) is 14.5 Å². The molecule has 1 aliphatic heterocycles. The third kappa shape index (κ3) is 2.38. The quantitative estimate of drug-likeness (QED) is 0.857. The van der Waals surface area contributed by atoms with Crippen molar-refractivity contribution >= 4 is 28.6 Å². The molecule has 2 rings (SSSR count). The zero-order valence-electron chi connectivity index (χ0n) is 12.2. The number of ketones is 1. The second kappa shape index (κ2) is 5.40. The van der Waals surface area contributed by atoms with Crippen molar-refractivity contribution in [2.45, 2.75) is 39.7 Å². The van der Waals surface area contributed by atoms with Gasteiger partial charge in [-0.2, -0.15) is 0 Å². The summed E-state index contributed by atoms with van der Waals surface area (Å²) in [4.78, 5) is 27.2. The number of carbonyl (C=O) groups excluding carboxylic acids is 2. The molecule has 2 heterocycles. The van der Waals surface area contributed by atoms with E-state index < -0.39 is 5.54 Å². The van der Waals surface area contributed by atoms with E-state index in [1.54, 1.807) is 27.7 Å². The second-order valence-corrected chi connectivity index (χ2v) is 6.20. The lowest BCUT2D eigenvalue weighted by molar-refractivity contribution is -0.148. The molecule has 108 valence electrons. The minimum Gasteiger partial charge on any atom is -0.477 e. The monoisotopic (exact) mass is 293 g/mol. The summed E-state index contributed by atoms with van der Waals surface area (Å²) >= 11 is 1.49. The molecule has 20 heavy (non-hydrogen) atoms. The fourth-order valence-electron chi connectivity index (χ4n) is 2.28. The van der Waals surface area contributed by atoms with Crippen molar-refractivity contribution in [1.29, 1.82) is 0 Å². The first-order valence-corrected chi connectivity index (χ1v) is 7.50. The standard InChI is InChI=1S/C15H19NO3S/c1-5-12(17)15(3,4)16-9-19-10(2)13(14(16)18)11-7-6-8-20-11/h6-8H,5,9H2,1-4H3. The Kier molecular flexibility index (Phi) is 3.99. The van der Waals surface area contributed by atoms with Gasteiger partial charge in [-0.1, -0.05) is 13.0 Å². The lowest BCUT2D eigenvalue weighted by atomic mass is 9.93. The Balaban J connectivity index is 2.39. The van der Waals surface area contributed by atoms with Gasteiger partial charge in [0.05, 0.1) is 11.1 Å². The van der Waals surface area contributed by atoms with E-state index in [0.717, 1.165) is 4.88 Å². The second-order valence-electron chi connectivity index (χ2n) is 5.25. The van der Waals surface area contributed by atoms with E-state index in [0.29, 0.717) is 17.8 Å². The molecular formula is C15H19NO3S. The maximum absolute atomic E-state index is 12.7. The van der Waals surface area contributed by atoms with Crippen LogP contribution in [0.25, 0.3) is 5.57 Å². The van der Waals surface area contributed by atoms with Crippen LogP contribution in [0, 0.1) is 0 Å². The maximum Gasteiger partial charge on any atom is 0.262 e. The highest BCUT2D eigenvalue weighted by Gasteiger charge is 2.41. The number of hydrogen-bond acceptors (Lipinski definition) is 4. The molecule has 0 aliphatic carbocycles. The number of thiophene rings is 1. The molecule has 0 unspecified atom stereocenters. The van der Waals surface area contributed by atoms with Crippen LogP contribution in [-0.4, -0.2) is 28.9 Å². The van der Waals surface area contributed by atoms with E-state index in [2.05, 4.69) is 0 Å². The molecule has 4 nitrogen and oxygen atoms in total. The number of allylic oxidation sites excluding steroid dienone is 1. The first kappa shape index (κ1) is 14.8. The molecule has 1 aliphatic rings. The smallest absolute Gasteiger partial charge is 0.262 e. The first-order chi connectivity index (χ1) is 9.39. The summed E-state index contributed by atoms with van der Waals surface area (Å²) in [6.45, 7) is 7.26. The molecule has 0 bridgehead atoms. The predicted molar refractivity (Wildman–Crippen MR) is 79.1 cm³/mol. The first-order valence-electron chi connectivity index (χ1n) is 6.62. The van der Waals surface area contributed by atoms with Gasteiger partial charge >= 0.3 is 0 Å². The molecule has 1 aromatic heterocycles. The van der Waals surface area contributed by atoms with E-state index in [4.69, 9.17) is 4.74 Å². The van der Waals surface area contributed by atoms with Gasteiger partial charge in [0.1, 0.15) is 5.76 Å². The molecule has 0 radical (unpaired) electrons. The summed E-state index contributed by atoms with van der Waals surface area (Å²) in [7, 11) is 0. The Labute approximate surface area is 123 Å². The average Bonchev–Trinajstić information content (AvgIpc) is 2.91. The summed E-state index contributed by atoms with van der Waals surface area (Å²) in [5.74, 6) is 0.510. The van der Waals surface area contributed by atoms with Gasteiger partial charge in [-0.25, -0.2) is 0 Å². The molecule has 1 amide bonds. The van der Waals surface area contributed by atoms with Crippen molar-refractivity contribution in [3.8, 4) is 0 Å². The number of Topliss-reactive ketones (excluding diaryl/α,β-unsaturated/α-hetero) is 1. The van der Waals surface area contributed by atoms with Crippen LogP contribution in [0.5, 0.6) is 0 Å². The third-order valence-electron chi connectivity index (χ3n) is 3.67. The fraction of sp³-hybridized carbons (Fsp3) is 0.467. The van der Waals surface area contributed by atoms with Gasteiger partial charge in [0.15, 0.2) is 12.5 Å². The van der Waals surface area contributed by atoms with Crippen LogP contribution in [0.15, 0.2) is 23.3 Å². The number of rotatable bonds is 4. The van der Waals surface area contributed by atoms with Crippen LogP contribution in [0.4, 0.5) is 0 Å². The van der Waals surface area contributed by atoms with E-state index >= 15 is 0 Å². The number of ether oxygens (including phenoxy) is 1. The van der Waals surface area contributed by atoms with Crippen molar-refractivity contribution in [3.63, 3.8) is 0 Å². The van der Waals surface area contributed by atoms with Gasteiger partial charge < -0.3 is 4.74 Å². The van der Waals surface area contributed by atoms with Crippen molar-refractivity contribution in [1.82, 2.24) is 4.90 Å². The summed E-state index contributed by atoms with van der Waals surface area (Å²) in [5.41, 5.74) is -0.294. The maximum atomic E-state index is 12.7. The van der Waals surface area contributed by atoms with Gasteiger partial charge in [0.2, 0.25) is 0 Å². The van der Waals surface area contributed by atoms with Gasteiger partial charge in [0, 0.05) is 11.3 Å². The Hall–Kier alpha value is -1.62. The van der Waals surface area contributed by atoms with Crippen molar-refractivity contribution < 1.29 is 14.3 Å². The minimum atomic E-state index is -0.852. The van der Waals surface area contributed by atoms with Crippen LogP contribution in [0.2, 0.25) is 0 Å². The van der Waals surface area contributed by atoms with E-state index in [1.807, 2.05) is 17.5 Å². The molecule has 5 heteroatoms. The number of carbonyl (C=O) groups is 2. The Morgan fingerprint density at radius 2 is 2.20 bits per heavy atom. The molecule has 0 atom stereocenters. The Morgan fingerprint density at radius 3 is 2.75 bits per heavy atom. The molecule has 0 saturated heterocycles.